The van der Waals surface area contributed by atoms with Crippen molar-refractivity contribution in [2.45, 2.75) is 71.6 Å². The van der Waals surface area contributed by atoms with Crippen molar-refractivity contribution < 1.29 is 14.3 Å². The van der Waals surface area contributed by atoms with Gasteiger partial charge in [-0.3, -0.25) is 9.59 Å². The number of fused-ring (bicyclic) bond motifs is 4. The van der Waals surface area contributed by atoms with Crippen LogP contribution in [0.4, 0.5) is 0 Å². The van der Waals surface area contributed by atoms with Crippen LogP contribution in [-0.4, -0.2) is 42.7 Å². The van der Waals surface area contributed by atoms with Crippen LogP contribution < -0.4 is 4.74 Å². The minimum absolute atomic E-state index is 0.203. The Labute approximate surface area is 204 Å². The number of ether oxygens (including phenoxy) is 1. The van der Waals surface area contributed by atoms with Gasteiger partial charge >= 0.3 is 0 Å². The van der Waals surface area contributed by atoms with Gasteiger partial charge in [-0.25, -0.2) is 0 Å². The molecule has 4 aliphatic rings. The van der Waals surface area contributed by atoms with E-state index in [-0.39, 0.29) is 5.41 Å². The Hall–Kier alpha value is -2.20. The molecule has 0 aromatic heterocycles. The number of likely N-dealkylation sites (N-methyl/N-ethyl adjacent to an activating group) is 1. The molecule has 0 amide bonds. The van der Waals surface area contributed by atoms with E-state index in [0.717, 1.165) is 76.8 Å². The van der Waals surface area contributed by atoms with Gasteiger partial charge in [0.25, 0.3) is 0 Å². The Balaban J connectivity index is 1.30. The summed E-state index contributed by atoms with van der Waals surface area (Å²) in [7, 11) is 0. The summed E-state index contributed by atoms with van der Waals surface area (Å²) in [5.74, 6) is 2.68. The lowest BCUT2D eigenvalue weighted by Crippen LogP contribution is -2.43. The third kappa shape index (κ3) is 4.30. The van der Waals surface area contributed by atoms with Gasteiger partial charge in [0.15, 0.2) is 5.78 Å². The largest absolute Gasteiger partial charge is 0.492 e. The number of carbonyl (C=O) groups is 2. The molecule has 34 heavy (non-hydrogen) atoms. The number of hydrogen-bond acceptors (Lipinski definition) is 4. The first-order valence-corrected chi connectivity index (χ1v) is 13.5. The van der Waals surface area contributed by atoms with E-state index in [1.165, 1.54) is 16.7 Å². The molecule has 4 nitrogen and oxygen atoms in total. The molecule has 0 aliphatic heterocycles. The predicted molar refractivity (Wildman–Crippen MR) is 135 cm³/mol. The number of allylic oxidation sites excluding steroid dienone is 4. The van der Waals surface area contributed by atoms with Crippen LogP contribution in [0.2, 0.25) is 0 Å². The van der Waals surface area contributed by atoms with Gasteiger partial charge in [-0.05, 0) is 105 Å². The van der Waals surface area contributed by atoms with Crippen molar-refractivity contribution in [3.05, 3.63) is 52.6 Å². The molecule has 0 radical (unpaired) electrons. The highest BCUT2D eigenvalue weighted by molar-refractivity contribution is 5.93. The monoisotopic (exact) mass is 461 g/mol. The first-order chi connectivity index (χ1) is 16.5. The van der Waals surface area contributed by atoms with Crippen LogP contribution in [-0.2, 0) is 16.0 Å². The molecule has 4 heteroatoms. The molecule has 2 saturated carbocycles. The fourth-order valence-electron chi connectivity index (χ4n) is 7.35. The number of benzene rings is 1. The van der Waals surface area contributed by atoms with E-state index in [2.05, 4.69) is 43.0 Å². The summed E-state index contributed by atoms with van der Waals surface area (Å²) in [5, 5.41) is 0. The van der Waals surface area contributed by atoms with E-state index in [1.807, 2.05) is 6.08 Å². The number of Topliss-reactive ketones (excluding diaryl/α,β-unsaturated/α-hetero) is 1. The second kappa shape index (κ2) is 9.81. The molecule has 182 valence electrons. The van der Waals surface area contributed by atoms with Gasteiger partial charge < -0.3 is 9.64 Å². The van der Waals surface area contributed by atoms with E-state index in [0.29, 0.717) is 36.4 Å². The first-order valence-electron chi connectivity index (χ1n) is 13.5. The van der Waals surface area contributed by atoms with E-state index in [9.17, 15) is 9.59 Å². The van der Waals surface area contributed by atoms with Crippen LogP contribution in [0.15, 0.2) is 47.1 Å². The van der Waals surface area contributed by atoms with Crippen molar-refractivity contribution in [3.8, 4) is 5.75 Å². The Morgan fingerprint density at radius 1 is 0.971 bits per heavy atom. The van der Waals surface area contributed by atoms with Gasteiger partial charge in [-0.1, -0.05) is 31.6 Å². The van der Waals surface area contributed by atoms with Crippen molar-refractivity contribution in [1.82, 2.24) is 4.90 Å². The van der Waals surface area contributed by atoms with Crippen LogP contribution in [0.25, 0.3) is 0 Å². The molecule has 0 unspecified atom stereocenters. The topological polar surface area (TPSA) is 46.6 Å². The quantitative estimate of drug-likeness (QED) is 0.498. The average Bonchev–Trinajstić information content (AvgIpc) is 3.18. The molecule has 0 bridgehead atoms. The predicted octanol–water partition coefficient (Wildman–Crippen LogP) is 5.70. The van der Waals surface area contributed by atoms with Crippen molar-refractivity contribution >= 4 is 11.6 Å². The highest BCUT2D eigenvalue weighted by atomic mass is 16.5. The number of carbonyl (C=O) groups excluding carboxylic acids is 2. The van der Waals surface area contributed by atoms with E-state index in [4.69, 9.17) is 4.74 Å². The summed E-state index contributed by atoms with van der Waals surface area (Å²) in [6.45, 7) is 8.10. The second-order valence-corrected chi connectivity index (χ2v) is 10.7. The number of ketones is 2. The molecule has 4 aliphatic carbocycles. The van der Waals surface area contributed by atoms with Crippen LogP contribution in [0.5, 0.6) is 5.75 Å². The van der Waals surface area contributed by atoms with Crippen LogP contribution >= 0.6 is 0 Å². The molecule has 2 fully saturated rings. The Morgan fingerprint density at radius 2 is 1.76 bits per heavy atom. The minimum Gasteiger partial charge on any atom is -0.492 e. The summed E-state index contributed by atoms with van der Waals surface area (Å²) in [6.07, 6.45) is 10.2. The van der Waals surface area contributed by atoms with Crippen LogP contribution in [0, 0.1) is 17.3 Å². The molecule has 0 spiro atoms. The van der Waals surface area contributed by atoms with E-state index in [1.54, 1.807) is 5.57 Å². The molecule has 0 heterocycles. The molecular formula is C30H39NO3. The molecular weight excluding hydrogens is 422 g/mol. The number of nitrogens with zero attached hydrogens (tertiary/aromatic N) is 1. The van der Waals surface area contributed by atoms with Crippen molar-refractivity contribution in [3.63, 3.8) is 0 Å². The third-order valence-electron chi connectivity index (χ3n) is 9.19. The van der Waals surface area contributed by atoms with Gasteiger partial charge in [-0.2, -0.15) is 0 Å². The fourth-order valence-corrected chi connectivity index (χ4v) is 7.35. The molecule has 0 N–H and O–H groups in total. The Kier molecular flexibility index (Phi) is 6.79. The van der Waals surface area contributed by atoms with Gasteiger partial charge in [-0.15, -0.1) is 0 Å². The van der Waals surface area contributed by atoms with Gasteiger partial charge in [0, 0.05) is 24.8 Å². The highest BCUT2D eigenvalue weighted by Crippen LogP contribution is 2.59. The second-order valence-electron chi connectivity index (χ2n) is 10.7. The lowest BCUT2D eigenvalue weighted by Gasteiger charge is -2.48. The highest BCUT2D eigenvalue weighted by Gasteiger charge is 2.55. The van der Waals surface area contributed by atoms with Gasteiger partial charge in [0.1, 0.15) is 18.1 Å². The zero-order valence-corrected chi connectivity index (χ0v) is 20.9. The van der Waals surface area contributed by atoms with Crippen LogP contribution in [0.1, 0.15) is 70.8 Å². The molecule has 0 saturated heterocycles. The maximum Gasteiger partial charge on any atom is 0.156 e. The maximum absolute atomic E-state index is 13.4. The lowest BCUT2D eigenvalue weighted by atomic mass is 9.55. The molecule has 1 aromatic rings. The molecule has 3 atom stereocenters. The smallest absolute Gasteiger partial charge is 0.156 e. The van der Waals surface area contributed by atoms with Gasteiger partial charge in [0.05, 0.1) is 0 Å². The number of hydrogen-bond donors (Lipinski definition) is 0. The maximum atomic E-state index is 13.4. The zero-order chi connectivity index (χ0) is 23.7. The summed E-state index contributed by atoms with van der Waals surface area (Å²) >= 11 is 0. The van der Waals surface area contributed by atoms with Crippen molar-refractivity contribution in [1.29, 1.82) is 0 Å². The summed E-state index contributed by atoms with van der Waals surface area (Å²) < 4.78 is 5.98. The average molecular weight is 462 g/mol. The number of rotatable bonds is 8. The summed E-state index contributed by atoms with van der Waals surface area (Å²) in [5.41, 5.74) is 5.43. The van der Waals surface area contributed by atoms with E-state index >= 15 is 0 Å². The molecule has 1 aromatic carbocycles. The zero-order valence-electron chi connectivity index (χ0n) is 20.9. The standard InChI is InChI=1S/C30H39NO3/c1-3-31(4-2)17-18-34-24-9-5-21(6-10-24)20-30-16-15-26-25-12-8-23(32)19-22(25)7-11-27(26)28(30)13-14-29(30)33/h5-6,9-10,19,27-28H,3-4,7-8,11-18,20H2,1-2H3/t27-,28+,30-/m1/s1. The fraction of sp³-hybridized carbons (Fsp3) is 0.600. The minimum atomic E-state index is -0.203. The summed E-state index contributed by atoms with van der Waals surface area (Å²) in [4.78, 5) is 27.7. The first kappa shape index (κ1) is 23.5. The molecule has 5 rings (SSSR count). The van der Waals surface area contributed by atoms with Gasteiger partial charge in [0.2, 0.25) is 0 Å². The van der Waals surface area contributed by atoms with E-state index < -0.39 is 0 Å². The third-order valence-corrected chi connectivity index (χ3v) is 9.19. The van der Waals surface area contributed by atoms with Crippen molar-refractivity contribution in [2.24, 2.45) is 17.3 Å². The lowest BCUT2D eigenvalue weighted by molar-refractivity contribution is -0.129. The normalized spacial score (nSPS) is 28.5. The Bertz CT molecular complexity index is 1000. The SMILES string of the molecule is CCN(CC)CCOc1ccc(C[C@]23CCC4=C5CCC(=O)C=C5CC[C@H]4[C@@H]2CCC3=O)cc1. The van der Waals surface area contributed by atoms with Crippen LogP contribution in [0.3, 0.4) is 0 Å². The Morgan fingerprint density at radius 3 is 2.53 bits per heavy atom. The van der Waals surface area contributed by atoms with Crippen molar-refractivity contribution in [2.75, 3.05) is 26.2 Å². The summed E-state index contributed by atoms with van der Waals surface area (Å²) in [6, 6.07) is 8.50.